The summed E-state index contributed by atoms with van der Waals surface area (Å²) in [5.74, 6) is 1.35. The second-order valence-corrected chi connectivity index (χ2v) is 7.12. The third-order valence-corrected chi connectivity index (χ3v) is 5.17. The SMILES string of the molecule is COc1ccc(-c2[c]cc(-c3ccc(N)cc3)c(O)c2-c2cccc(N)c2)cc1OC. The van der Waals surface area contributed by atoms with Crippen LogP contribution in [-0.2, 0) is 0 Å². The van der Waals surface area contributed by atoms with Gasteiger partial charge in [0.15, 0.2) is 11.5 Å². The van der Waals surface area contributed by atoms with Crippen LogP contribution in [0.15, 0.2) is 72.8 Å². The van der Waals surface area contributed by atoms with Crippen molar-refractivity contribution < 1.29 is 14.6 Å². The van der Waals surface area contributed by atoms with Crippen molar-refractivity contribution in [2.75, 3.05) is 25.7 Å². The molecule has 4 aromatic carbocycles. The number of nitrogens with two attached hydrogens (primary N) is 2. The minimum absolute atomic E-state index is 0.138. The molecule has 5 heteroatoms. The summed E-state index contributed by atoms with van der Waals surface area (Å²) in [5, 5.41) is 11.4. The second kappa shape index (κ2) is 8.32. The molecule has 0 aliphatic carbocycles. The lowest BCUT2D eigenvalue weighted by Gasteiger charge is -2.17. The van der Waals surface area contributed by atoms with Crippen molar-refractivity contribution in [3.05, 3.63) is 78.9 Å². The fourth-order valence-corrected chi connectivity index (χ4v) is 3.62. The summed E-state index contributed by atoms with van der Waals surface area (Å²) >= 11 is 0. The Morgan fingerprint density at radius 2 is 1.45 bits per heavy atom. The fraction of sp³-hybridized carbons (Fsp3) is 0.0769. The van der Waals surface area contributed by atoms with Gasteiger partial charge in [-0.3, -0.25) is 0 Å². The van der Waals surface area contributed by atoms with E-state index in [-0.39, 0.29) is 5.75 Å². The maximum absolute atomic E-state index is 11.4. The molecule has 0 heterocycles. The molecule has 0 saturated carbocycles. The molecule has 155 valence electrons. The molecule has 0 spiro atoms. The van der Waals surface area contributed by atoms with Crippen molar-refractivity contribution in [1.29, 1.82) is 0 Å². The molecule has 5 N–H and O–H groups in total. The van der Waals surface area contributed by atoms with Crippen molar-refractivity contribution >= 4 is 11.4 Å². The molecule has 0 aliphatic rings. The first-order valence-electron chi connectivity index (χ1n) is 9.73. The van der Waals surface area contributed by atoms with Gasteiger partial charge in [0.2, 0.25) is 0 Å². The number of rotatable bonds is 5. The standard InChI is InChI=1S/C26H23N2O3/c1-30-23-13-8-17(15-24(23)31-2)21-11-12-22(16-6-9-19(27)10-7-16)26(29)25(21)18-4-3-5-20(28)14-18/h3-10,12-15,29H,27-28H2,1-2H3. The molecule has 0 aromatic heterocycles. The maximum Gasteiger partial charge on any atom is 0.161 e. The van der Waals surface area contributed by atoms with Gasteiger partial charge >= 0.3 is 0 Å². The fourth-order valence-electron chi connectivity index (χ4n) is 3.62. The highest BCUT2D eigenvalue weighted by Gasteiger charge is 2.19. The van der Waals surface area contributed by atoms with E-state index in [1.165, 1.54) is 0 Å². The lowest BCUT2D eigenvalue weighted by molar-refractivity contribution is 0.355. The van der Waals surface area contributed by atoms with Crippen LogP contribution in [-0.4, -0.2) is 19.3 Å². The molecule has 4 rings (SSSR count). The van der Waals surface area contributed by atoms with Gasteiger partial charge in [-0.25, -0.2) is 0 Å². The lowest BCUT2D eigenvalue weighted by Crippen LogP contribution is -1.94. The predicted molar refractivity (Wildman–Crippen MR) is 125 cm³/mol. The lowest BCUT2D eigenvalue weighted by atomic mass is 9.89. The predicted octanol–water partition coefficient (Wildman–Crippen LogP) is 5.37. The number of benzene rings is 4. The third kappa shape index (κ3) is 3.85. The smallest absolute Gasteiger partial charge is 0.161 e. The highest BCUT2D eigenvalue weighted by atomic mass is 16.5. The highest BCUT2D eigenvalue weighted by molar-refractivity contribution is 5.93. The molecule has 31 heavy (non-hydrogen) atoms. The van der Waals surface area contributed by atoms with Crippen LogP contribution in [0.3, 0.4) is 0 Å². The number of ether oxygens (including phenoxy) is 2. The summed E-state index contributed by atoms with van der Waals surface area (Å²) in [6.45, 7) is 0. The number of aromatic hydroxyl groups is 1. The topological polar surface area (TPSA) is 90.7 Å². The second-order valence-electron chi connectivity index (χ2n) is 7.12. The monoisotopic (exact) mass is 411 g/mol. The van der Waals surface area contributed by atoms with Gasteiger partial charge in [-0.05, 0) is 65.2 Å². The van der Waals surface area contributed by atoms with Gasteiger partial charge in [0.05, 0.1) is 14.2 Å². The Morgan fingerprint density at radius 1 is 0.742 bits per heavy atom. The van der Waals surface area contributed by atoms with E-state index in [9.17, 15) is 5.11 Å². The Bertz CT molecular complexity index is 1230. The summed E-state index contributed by atoms with van der Waals surface area (Å²) in [6.07, 6.45) is 0. The molecule has 0 unspecified atom stereocenters. The zero-order chi connectivity index (χ0) is 22.0. The van der Waals surface area contributed by atoms with E-state index in [4.69, 9.17) is 20.9 Å². The van der Waals surface area contributed by atoms with E-state index in [2.05, 4.69) is 6.07 Å². The van der Waals surface area contributed by atoms with E-state index in [1.807, 2.05) is 54.6 Å². The van der Waals surface area contributed by atoms with E-state index < -0.39 is 0 Å². The average Bonchev–Trinajstić information content (AvgIpc) is 2.79. The van der Waals surface area contributed by atoms with Crippen molar-refractivity contribution in [3.8, 4) is 50.6 Å². The van der Waals surface area contributed by atoms with E-state index in [0.717, 1.165) is 22.3 Å². The normalized spacial score (nSPS) is 10.6. The summed E-state index contributed by atoms with van der Waals surface area (Å²) in [6, 6.07) is 25.5. The summed E-state index contributed by atoms with van der Waals surface area (Å²) in [4.78, 5) is 0. The van der Waals surface area contributed by atoms with Gasteiger partial charge in [-0.1, -0.05) is 30.3 Å². The van der Waals surface area contributed by atoms with E-state index in [0.29, 0.717) is 34.0 Å². The Balaban J connectivity index is 1.97. The summed E-state index contributed by atoms with van der Waals surface area (Å²) in [5.41, 5.74) is 17.6. The van der Waals surface area contributed by atoms with Gasteiger partial charge in [0, 0.05) is 28.1 Å². The molecule has 0 fully saturated rings. The number of phenolic OH excluding ortho intramolecular Hbond substituents is 1. The van der Waals surface area contributed by atoms with Crippen LogP contribution in [0.5, 0.6) is 17.2 Å². The number of methoxy groups -OCH3 is 2. The van der Waals surface area contributed by atoms with Crippen molar-refractivity contribution in [1.82, 2.24) is 0 Å². The molecular weight excluding hydrogens is 388 g/mol. The number of hydrogen-bond acceptors (Lipinski definition) is 5. The van der Waals surface area contributed by atoms with Crippen LogP contribution in [0.25, 0.3) is 33.4 Å². The molecule has 0 amide bonds. The van der Waals surface area contributed by atoms with Crippen LogP contribution < -0.4 is 20.9 Å². The van der Waals surface area contributed by atoms with Gasteiger partial charge in [0.25, 0.3) is 0 Å². The van der Waals surface area contributed by atoms with Gasteiger partial charge in [-0.15, -0.1) is 0 Å². The summed E-state index contributed by atoms with van der Waals surface area (Å²) in [7, 11) is 3.18. The Labute approximate surface area is 181 Å². The molecule has 0 atom stereocenters. The van der Waals surface area contributed by atoms with Crippen LogP contribution in [0.2, 0.25) is 0 Å². The number of phenols is 1. The van der Waals surface area contributed by atoms with Gasteiger partial charge < -0.3 is 26.0 Å². The Kier molecular flexibility index (Phi) is 5.41. The molecular formula is C26H23N2O3. The Hall–Kier alpha value is -4.12. The molecule has 0 bridgehead atoms. The highest BCUT2D eigenvalue weighted by Crippen LogP contribution is 2.45. The first-order chi connectivity index (χ1) is 15.0. The van der Waals surface area contributed by atoms with Crippen molar-refractivity contribution in [2.45, 2.75) is 0 Å². The summed E-state index contributed by atoms with van der Waals surface area (Å²) < 4.78 is 10.8. The van der Waals surface area contributed by atoms with Crippen LogP contribution in [0.4, 0.5) is 11.4 Å². The zero-order valence-corrected chi connectivity index (χ0v) is 17.3. The zero-order valence-electron chi connectivity index (χ0n) is 17.3. The molecule has 5 nitrogen and oxygen atoms in total. The third-order valence-electron chi connectivity index (χ3n) is 5.17. The minimum Gasteiger partial charge on any atom is -0.507 e. The Morgan fingerprint density at radius 3 is 2.13 bits per heavy atom. The number of hydrogen-bond donors (Lipinski definition) is 3. The number of anilines is 2. The number of nitrogen functional groups attached to an aromatic ring is 2. The first-order valence-corrected chi connectivity index (χ1v) is 9.73. The average molecular weight is 411 g/mol. The minimum atomic E-state index is 0.138. The maximum atomic E-state index is 11.4. The van der Waals surface area contributed by atoms with Gasteiger partial charge in [-0.2, -0.15) is 0 Å². The molecule has 1 radical (unpaired) electrons. The van der Waals surface area contributed by atoms with Crippen LogP contribution >= 0.6 is 0 Å². The molecule has 0 aliphatic heterocycles. The molecule has 0 saturated heterocycles. The van der Waals surface area contributed by atoms with Crippen molar-refractivity contribution in [3.63, 3.8) is 0 Å². The van der Waals surface area contributed by atoms with Crippen molar-refractivity contribution in [2.24, 2.45) is 0 Å². The quantitative estimate of drug-likeness (QED) is 0.384. The van der Waals surface area contributed by atoms with E-state index in [1.54, 1.807) is 32.4 Å². The molecule has 4 aromatic rings. The first kappa shape index (κ1) is 20.2. The van der Waals surface area contributed by atoms with Crippen LogP contribution in [0, 0.1) is 6.07 Å². The largest absolute Gasteiger partial charge is 0.507 e. The van der Waals surface area contributed by atoms with E-state index >= 15 is 0 Å². The van der Waals surface area contributed by atoms with Crippen LogP contribution in [0.1, 0.15) is 0 Å². The van der Waals surface area contributed by atoms with Gasteiger partial charge in [0.1, 0.15) is 5.75 Å².